The zero-order chi connectivity index (χ0) is 13.2. The lowest BCUT2D eigenvalue weighted by Crippen LogP contribution is -2.24. The van der Waals surface area contributed by atoms with Gasteiger partial charge < -0.3 is 5.32 Å². The van der Waals surface area contributed by atoms with Crippen LogP contribution in [0.5, 0.6) is 0 Å². The van der Waals surface area contributed by atoms with Gasteiger partial charge in [-0.25, -0.2) is 4.98 Å². The summed E-state index contributed by atoms with van der Waals surface area (Å²) >= 11 is 3.44. The molecule has 3 nitrogen and oxygen atoms in total. The fourth-order valence-electron chi connectivity index (χ4n) is 1.37. The highest BCUT2D eigenvalue weighted by Gasteiger charge is 2.02. The molecule has 1 N–H and O–H groups in total. The monoisotopic (exact) mass is 284 g/mol. The molecule has 1 aromatic heterocycles. The Balaban J connectivity index is 2.01. The van der Waals surface area contributed by atoms with Crippen LogP contribution in [0.25, 0.3) is 0 Å². The third-order valence-corrected chi connectivity index (χ3v) is 4.07. The summed E-state index contributed by atoms with van der Waals surface area (Å²) in [6, 6.07) is 0. The maximum atomic E-state index is 11.5. The second-order valence-electron chi connectivity index (χ2n) is 3.87. The third-order valence-electron chi connectivity index (χ3n) is 2.26. The average molecular weight is 284 g/mol. The number of thioether (sulfide) groups is 1. The Morgan fingerprint density at radius 3 is 3.11 bits per heavy atom. The standard InChI is InChI=1S/C13H20N2OS2/c1-3-4-5-7-14-13(16)6-8-17-9-12-10-18-11(2)15-12/h3-4,10H,5-9H2,1-2H3,(H,14,16)/b4-3+. The van der Waals surface area contributed by atoms with E-state index in [-0.39, 0.29) is 5.91 Å². The highest BCUT2D eigenvalue weighted by molar-refractivity contribution is 7.98. The second-order valence-corrected chi connectivity index (χ2v) is 6.04. The van der Waals surface area contributed by atoms with Gasteiger partial charge >= 0.3 is 0 Å². The Kier molecular flexibility index (Phi) is 7.76. The van der Waals surface area contributed by atoms with Crippen molar-refractivity contribution in [2.24, 2.45) is 0 Å². The molecule has 100 valence electrons. The van der Waals surface area contributed by atoms with Gasteiger partial charge in [-0.2, -0.15) is 11.8 Å². The maximum absolute atomic E-state index is 11.5. The fourth-order valence-corrected chi connectivity index (χ4v) is 2.92. The van der Waals surface area contributed by atoms with Crippen molar-refractivity contribution in [1.29, 1.82) is 0 Å². The van der Waals surface area contributed by atoms with E-state index in [1.165, 1.54) is 0 Å². The molecule has 0 atom stereocenters. The molecule has 0 aromatic carbocycles. The van der Waals surface area contributed by atoms with Crippen LogP contribution >= 0.6 is 23.1 Å². The van der Waals surface area contributed by atoms with Gasteiger partial charge in [0.1, 0.15) is 0 Å². The summed E-state index contributed by atoms with van der Waals surface area (Å²) in [6.45, 7) is 4.73. The van der Waals surface area contributed by atoms with Crippen molar-refractivity contribution in [3.8, 4) is 0 Å². The van der Waals surface area contributed by atoms with Crippen LogP contribution in [-0.2, 0) is 10.5 Å². The zero-order valence-corrected chi connectivity index (χ0v) is 12.6. The molecule has 1 heterocycles. The minimum absolute atomic E-state index is 0.140. The van der Waals surface area contributed by atoms with Crippen molar-refractivity contribution in [3.63, 3.8) is 0 Å². The number of amides is 1. The normalized spacial score (nSPS) is 11.0. The summed E-state index contributed by atoms with van der Waals surface area (Å²) in [5.74, 6) is 1.89. The van der Waals surface area contributed by atoms with Crippen molar-refractivity contribution in [2.45, 2.75) is 32.4 Å². The van der Waals surface area contributed by atoms with Crippen molar-refractivity contribution in [1.82, 2.24) is 10.3 Å². The molecule has 0 fully saturated rings. The number of nitrogens with one attached hydrogen (secondary N) is 1. The van der Waals surface area contributed by atoms with Crippen molar-refractivity contribution < 1.29 is 4.79 Å². The number of rotatable bonds is 8. The summed E-state index contributed by atoms with van der Waals surface area (Å²) < 4.78 is 0. The Morgan fingerprint density at radius 1 is 1.61 bits per heavy atom. The number of hydrogen-bond donors (Lipinski definition) is 1. The molecule has 0 aliphatic heterocycles. The van der Waals surface area contributed by atoms with E-state index in [0.717, 1.165) is 35.2 Å². The van der Waals surface area contributed by atoms with E-state index >= 15 is 0 Å². The van der Waals surface area contributed by atoms with Crippen LogP contribution in [0.2, 0.25) is 0 Å². The summed E-state index contributed by atoms with van der Waals surface area (Å²) in [5, 5.41) is 6.09. The fraction of sp³-hybridized carbons (Fsp3) is 0.538. The van der Waals surface area contributed by atoms with Gasteiger partial charge in [-0.3, -0.25) is 4.79 Å². The van der Waals surface area contributed by atoms with Crippen molar-refractivity contribution in [3.05, 3.63) is 28.2 Å². The molecule has 0 aliphatic carbocycles. The minimum atomic E-state index is 0.140. The molecule has 0 radical (unpaired) electrons. The number of carbonyl (C=O) groups is 1. The number of nitrogens with zero attached hydrogens (tertiary/aromatic N) is 1. The first-order valence-corrected chi connectivity index (χ1v) is 8.12. The van der Waals surface area contributed by atoms with Crippen LogP contribution in [0, 0.1) is 6.92 Å². The second kappa shape index (κ2) is 9.16. The summed E-state index contributed by atoms with van der Waals surface area (Å²) in [4.78, 5) is 15.8. The zero-order valence-electron chi connectivity index (χ0n) is 10.9. The van der Waals surface area contributed by atoms with E-state index in [2.05, 4.69) is 21.8 Å². The Labute approximate surface area is 117 Å². The Bertz CT molecular complexity index is 388. The Morgan fingerprint density at radius 2 is 2.44 bits per heavy atom. The molecule has 1 amide bonds. The SMILES string of the molecule is C/C=C/CCNC(=O)CCSCc1csc(C)n1. The first-order chi connectivity index (χ1) is 8.72. The highest BCUT2D eigenvalue weighted by Crippen LogP contribution is 2.15. The molecule has 0 spiro atoms. The van der Waals surface area contributed by atoms with Crippen LogP contribution in [0.1, 0.15) is 30.5 Å². The highest BCUT2D eigenvalue weighted by atomic mass is 32.2. The first-order valence-electron chi connectivity index (χ1n) is 6.09. The average Bonchev–Trinajstić information content (AvgIpc) is 2.76. The molecule has 0 saturated heterocycles. The number of hydrogen-bond acceptors (Lipinski definition) is 4. The largest absolute Gasteiger partial charge is 0.356 e. The van der Waals surface area contributed by atoms with E-state index in [4.69, 9.17) is 0 Å². The predicted molar refractivity (Wildman–Crippen MR) is 80.1 cm³/mol. The summed E-state index contributed by atoms with van der Waals surface area (Å²) in [7, 11) is 0. The van der Waals surface area contributed by atoms with Crippen LogP contribution in [0.3, 0.4) is 0 Å². The number of thiazole rings is 1. The maximum Gasteiger partial charge on any atom is 0.220 e. The van der Waals surface area contributed by atoms with Gasteiger partial charge in [0.05, 0.1) is 10.7 Å². The molecule has 0 unspecified atom stereocenters. The molecular weight excluding hydrogens is 264 g/mol. The van der Waals surface area contributed by atoms with E-state index in [0.29, 0.717) is 6.42 Å². The number of allylic oxidation sites excluding steroid dienone is 1. The number of aryl methyl sites for hydroxylation is 1. The number of aromatic nitrogens is 1. The van der Waals surface area contributed by atoms with Crippen LogP contribution < -0.4 is 5.32 Å². The van der Waals surface area contributed by atoms with Crippen molar-refractivity contribution in [2.75, 3.05) is 12.3 Å². The van der Waals surface area contributed by atoms with Crippen LogP contribution in [0.15, 0.2) is 17.5 Å². The van der Waals surface area contributed by atoms with E-state index < -0.39 is 0 Å². The van der Waals surface area contributed by atoms with Gasteiger partial charge in [-0.15, -0.1) is 11.3 Å². The molecule has 0 aliphatic rings. The Hall–Kier alpha value is -0.810. The summed E-state index contributed by atoms with van der Waals surface area (Å²) in [5.41, 5.74) is 1.12. The number of carbonyl (C=O) groups excluding carboxylic acids is 1. The molecule has 1 aromatic rings. The van der Waals surface area contributed by atoms with Crippen LogP contribution in [-0.4, -0.2) is 23.2 Å². The first kappa shape index (κ1) is 15.2. The van der Waals surface area contributed by atoms with Gasteiger partial charge in [0, 0.05) is 29.9 Å². The molecule has 1 rings (SSSR count). The smallest absolute Gasteiger partial charge is 0.220 e. The molecule has 0 saturated carbocycles. The van der Waals surface area contributed by atoms with E-state index in [1.807, 2.05) is 19.9 Å². The van der Waals surface area contributed by atoms with Gasteiger partial charge in [0.2, 0.25) is 5.91 Å². The lowest BCUT2D eigenvalue weighted by Gasteiger charge is -2.02. The van der Waals surface area contributed by atoms with Gasteiger partial charge in [-0.1, -0.05) is 12.2 Å². The summed E-state index contributed by atoms with van der Waals surface area (Å²) in [6.07, 6.45) is 5.55. The molecule has 0 bridgehead atoms. The predicted octanol–water partition coefficient (Wildman–Crippen LogP) is 3.16. The minimum Gasteiger partial charge on any atom is -0.356 e. The molecule has 5 heteroatoms. The van der Waals surface area contributed by atoms with E-state index in [1.54, 1.807) is 23.1 Å². The van der Waals surface area contributed by atoms with Gasteiger partial charge in [-0.05, 0) is 20.3 Å². The third kappa shape index (κ3) is 6.81. The quantitative estimate of drug-likeness (QED) is 0.589. The van der Waals surface area contributed by atoms with Crippen LogP contribution in [0.4, 0.5) is 0 Å². The van der Waals surface area contributed by atoms with E-state index in [9.17, 15) is 4.79 Å². The molecule has 18 heavy (non-hydrogen) atoms. The van der Waals surface area contributed by atoms with Gasteiger partial charge in [0.15, 0.2) is 0 Å². The van der Waals surface area contributed by atoms with Crippen molar-refractivity contribution >= 4 is 29.0 Å². The molecular formula is C13H20N2OS2. The van der Waals surface area contributed by atoms with Gasteiger partial charge in [0.25, 0.3) is 0 Å². The topological polar surface area (TPSA) is 42.0 Å². The lowest BCUT2D eigenvalue weighted by molar-refractivity contribution is -0.120. The lowest BCUT2D eigenvalue weighted by atomic mass is 10.3.